The summed E-state index contributed by atoms with van der Waals surface area (Å²) < 4.78 is 44.6. The first-order chi connectivity index (χ1) is 17.8. The van der Waals surface area contributed by atoms with Gasteiger partial charge in [-0.3, -0.25) is 4.79 Å². The van der Waals surface area contributed by atoms with E-state index in [9.17, 15) is 13.2 Å². The number of aryl methyl sites for hydroxylation is 1. The van der Waals surface area contributed by atoms with Gasteiger partial charge in [0.25, 0.3) is 0 Å². The fourth-order valence-corrected chi connectivity index (χ4v) is 6.68. The maximum atomic E-state index is 13.7. The first-order valence-corrected chi connectivity index (χ1v) is 14.3. The summed E-state index contributed by atoms with van der Waals surface area (Å²) in [4.78, 5) is 16.7. The molecule has 0 bridgehead atoms. The third-order valence-electron chi connectivity index (χ3n) is 6.46. The highest BCUT2D eigenvalue weighted by Crippen LogP contribution is 2.34. The van der Waals surface area contributed by atoms with Crippen molar-refractivity contribution in [2.24, 2.45) is 0 Å². The molecule has 1 atom stereocenters. The molecule has 1 amide bonds. The fraction of sp³-hybridized carbons (Fsp3) is 0.370. The normalized spacial score (nSPS) is 15.5. The van der Waals surface area contributed by atoms with Gasteiger partial charge in [-0.25, -0.2) is 8.42 Å². The minimum atomic E-state index is -3.94. The van der Waals surface area contributed by atoms with Crippen LogP contribution in [0.5, 0.6) is 11.5 Å². The summed E-state index contributed by atoms with van der Waals surface area (Å²) in [6.07, 6.45) is 0.725. The van der Waals surface area contributed by atoms with E-state index in [-0.39, 0.29) is 43.1 Å². The maximum Gasteiger partial charge on any atom is 0.243 e. The number of hydrogen-bond acceptors (Lipinski definition) is 7. The first kappa shape index (κ1) is 27.1. The molecular formula is C27H32N2O6S2. The zero-order chi connectivity index (χ0) is 26.4. The topological polar surface area (TPSA) is 85.4 Å². The number of methoxy groups -OCH3 is 2. The zero-order valence-corrected chi connectivity index (χ0v) is 22.9. The Morgan fingerprint density at radius 1 is 1.11 bits per heavy atom. The number of rotatable bonds is 11. The number of hydrogen-bond donors (Lipinski definition) is 0. The van der Waals surface area contributed by atoms with Crippen LogP contribution >= 0.6 is 11.3 Å². The Hall–Kier alpha value is -2.92. The molecule has 37 heavy (non-hydrogen) atoms. The van der Waals surface area contributed by atoms with Crippen LogP contribution in [0.1, 0.15) is 22.0 Å². The molecule has 0 spiro atoms. The van der Waals surface area contributed by atoms with Crippen LogP contribution in [0.4, 0.5) is 0 Å². The van der Waals surface area contributed by atoms with Gasteiger partial charge in [0.15, 0.2) is 0 Å². The Bertz CT molecular complexity index is 1310. The molecule has 1 aromatic heterocycles. The standard InChI is InChI=1S/C27H32N2O6S2/c1-20-6-4-5-7-25(20)35-19-24-23-13-17-36-26(23)12-14-29(24)27(30)18-28(15-16-33-2)37(31,32)22-10-8-21(34-3)9-11-22/h4-11,13,17,24H,12,14-16,18-19H2,1-3H3/t24-/m0/s1. The van der Waals surface area contributed by atoms with Crippen molar-refractivity contribution in [3.8, 4) is 11.5 Å². The molecule has 10 heteroatoms. The molecule has 0 fully saturated rings. The molecule has 3 aromatic rings. The number of sulfonamides is 1. The molecule has 0 unspecified atom stereocenters. The zero-order valence-electron chi connectivity index (χ0n) is 21.3. The lowest BCUT2D eigenvalue weighted by Crippen LogP contribution is -2.48. The lowest BCUT2D eigenvalue weighted by Gasteiger charge is -2.37. The summed E-state index contributed by atoms with van der Waals surface area (Å²) in [6, 6.07) is 15.6. The van der Waals surface area contributed by atoms with Crippen LogP contribution in [-0.4, -0.2) is 70.6 Å². The van der Waals surface area contributed by atoms with Crippen molar-refractivity contribution in [3.63, 3.8) is 0 Å². The van der Waals surface area contributed by atoms with Crippen molar-refractivity contribution < 1.29 is 27.4 Å². The molecule has 2 heterocycles. The summed E-state index contributed by atoms with van der Waals surface area (Å²) in [5.41, 5.74) is 2.07. The lowest BCUT2D eigenvalue weighted by molar-refractivity contribution is -0.135. The Balaban J connectivity index is 1.56. The van der Waals surface area contributed by atoms with Gasteiger partial charge in [0.1, 0.15) is 18.1 Å². The fourth-order valence-electron chi connectivity index (χ4n) is 4.38. The van der Waals surface area contributed by atoms with Crippen molar-refractivity contribution in [2.75, 3.05) is 47.1 Å². The van der Waals surface area contributed by atoms with Crippen molar-refractivity contribution >= 4 is 27.3 Å². The number of ether oxygens (including phenoxy) is 3. The van der Waals surface area contributed by atoms with Gasteiger partial charge in [-0.2, -0.15) is 4.31 Å². The SMILES string of the molecule is COCCN(CC(=O)N1CCc2sccc2[C@@H]1COc1ccccc1C)S(=O)(=O)c1ccc(OC)cc1. The van der Waals surface area contributed by atoms with E-state index in [4.69, 9.17) is 14.2 Å². The summed E-state index contributed by atoms with van der Waals surface area (Å²) in [7, 11) is -0.920. The monoisotopic (exact) mass is 544 g/mol. The van der Waals surface area contributed by atoms with Crippen molar-refractivity contribution in [1.82, 2.24) is 9.21 Å². The van der Waals surface area contributed by atoms with E-state index in [0.717, 1.165) is 23.3 Å². The highest BCUT2D eigenvalue weighted by molar-refractivity contribution is 7.89. The first-order valence-electron chi connectivity index (χ1n) is 12.0. The van der Waals surface area contributed by atoms with E-state index in [1.807, 2.05) is 42.6 Å². The number of thiophene rings is 1. The van der Waals surface area contributed by atoms with Crippen LogP contribution in [0.3, 0.4) is 0 Å². The van der Waals surface area contributed by atoms with Crippen LogP contribution in [-0.2, 0) is 26.0 Å². The van der Waals surface area contributed by atoms with Crippen molar-refractivity contribution in [2.45, 2.75) is 24.3 Å². The number of benzene rings is 2. The largest absolute Gasteiger partial charge is 0.497 e. The van der Waals surface area contributed by atoms with Gasteiger partial charge in [0.05, 0.1) is 31.2 Å². The van der Waals surface area contributed by atoms with E-state index in [1.165, 1.54) is 35.5 Å². The van der Waals surface area contributed by atoms with Gasteiger partial charge in [-0.05, 0) is 66.2 Å². The van der Waals surface area contributed by atoms with E-state index in [1.54, 1.807) is 28.4 Å². The minimum absolute atomic E-state index is 0.0541. The molecule has 1 aliphatic heterocycles. The molecule has 0 saturated carbocycles. The maximum absolute atomic E-state index is 13.7. The molecule has 0 aliphatic carbocycles. The van der Waals surface area contributed by atoms with Crippen LogP contribution < -0.4 is 9.47 Å². The second kappa shape index (κ2) is 12.1. The average molecular weight is 545 g/mol. The van der Waals surface area contributed by atoms with Gasteiger partial charge in [-0.15, -0.1) is 11.3 Å². The highest BCUT2D eigenvalue weighted by atomic mass is 32.2. The number of para-hydroxylation sites is 1. The Kier molecular flexibility index (Phi) is 8.86. The number of nitrogens with zero attached hydrogens (tertiary/aromatic N) is 2. The van der Waals surface area contributed by atoms with Gasteiger partial charge in [0, 0.05) is 25.1 Å². The highest BCUT2D eigenvalue weighted by Gasteiger charge is 2.35. The second-order valence-electron chi connectivity index (χ2n) is 8.74. The minimum Gasteiger partial charge on any atom is -0.497 e. The molecule has 8 nitrogen and oxygen atoms in total. The van der Waals surface area contributed by atoms with E-state index in [2.05, 4.69) is 0 Å². The molecule has 0 radical (unpaired) electrons. The molecular weight excluding hydrogens is 512 g/mol. The molecule has 0 N–H and O–H groups in total. The number of carbonyl (C=O) groups excluding carboxylic acids is 1. The summed E-state index contributed by atoms with van der Waals surface area (Å²) >= 11 is 1.67. The number of carbonyl (C=O) groups is 1. The van der Waals surface area contributed by atoms with E-state index >= 15 is 0 Å². The van der Waals surface area contributed by atoms with Gasteiger partial charge in [0.2, 0.25) is 15.9 Å². The average Bonchev–Trinajstić information content (AvgIpc) is 3.39. The quantitative estimate of drug-likeness (QED) is 0.364. The molecule has 2 aromatic carbocycles. The van der Waals surface area contributed by atoms with E-state index in [0.29, 0.717) is 12.3 Å². The molecule has 1 aliphatic rings. The van der Waals surface area contributed by atoms with Crippen molar-refractivity contribution in [1.29, 1.82) is 0 Å². The van der Waals surface area contributed by atoms with Gasteiger partial charge >= 0.3 is 0 Å². The van der Waals surface area contributed by atoms with Crippen molar-refractivity contribution in [3.05, 3.63) is 76.0 Å². The third kappa shape index (κ3) is 6.15. The lowest BCUT2D eigenvalue weighted by atomic mass is 10.0. The summed E-state index contributed by atoms with van der Waals surface area (Å²) in [6.45, 7) is 2.68. The Labute approximate surface area is 222 Å². The predicted molar refractivity (Wildman–Crippen MR) is 143 cm³/mol. The van der Waals surface area contributed by atoms with Crippen LogP contribution in [0.15, 0.2) is 64.9 Å². The smallest absolute Gasteiger partial charge is 0.243 e. The van der Waals surface area contributed by atoms with Crippen LogP contribution in [0, 0.1) is 6.92 Å². The van der Waals surface area contributed by atoms with E-state index < -0.39 is 10.0 Å². The molecule has 0 saturated heterocycles. The van der Waals surface area contributed by atoms with Gasteiger partial charge < -0.3 is 19.1 Å². The van der Waals surface area contributed by atoms with Crippen LogP contribution in [0.2, 0.25) is 0 Å². The predicted octanol–water partition coefficient (Wildman–Crippen LogP) is 3.91. The second-order valence-corrected chi connectivity index (χ2v) is 11.7. The number of fused-ring (bicyclic) bond motifs is 1. The number of amides is 1. The molecule has 198 valence electrons. The Morgan fingerprint density at radius 3 is 2.57 bits per heavy atom. The summed E-state index contributed by atoms with van der Waals surface area (Å²) in [5.74, 6) is 1.04. The van der Waals surface area contributed by atoms with Gasteiger partial charge in [-0.1, -0.05) is 18.2 Å². The Morgan fingerprint density at radius 2 is 1.86 bits per heavy atom. The van der Waals surface area contributed by atoms with Crippen LogP contribution in [0.25, 0.3) is 0 Å². The molecule has 4 rings (SSSR count). The summed E-state index contributed by atoms with van der Waals surface area (Å²) in [5, 5.41) is 2.03. The third-order valence-corrected chi connectivity index (χ3v) is 9.32.